The van der Waals surface area contributed by atoms with E-state index in [9.17, 15) is 61.5 Å². The van der Waals surface area contributed by atoms with Gasteiger partial charge in [-0.2, -0.15) is 52.7 Å². The van der Waals surface area contributed by atoms with Gasteiger partial charge in [-0.05, 0) is 31.7 Å². The Morgan fingerprint density at radius 3 is 1.68 bits per heavy atom. The van der Waals surface area contributed by atoms with Gasteiger partial charge in [0.15, 0.2) is 0 Å². The van der Waals surface area contributed by atoms with Gasteiger partial charge in [0.05, 0.1) is 19.1 Å². The second-order valence-electron chi connectivity index (χ2n) is 10.1. The number of nitrogens with zero attached hydrogens (tertiary/aromatic N) is 5. The molecule has 3 heterocycles. The lowest BCUT2D eigenvalue weighted by Gasteiger charge is -2.46. The number of carboxylic acids is 3. The molecule has 1 saturated heterocycles. The second kappa shape index (κ2) is 16.6. The Morgan fingerprint density at radius 1 is 0.820 bits per heavy atom. The van der Waals surface area contributed by atoms with Gasteiger partial charge in [0.25, 0.3) is 5.82 Å². The highest BCUT2D eigenvalue weighted by atomic mass is 19.4. The van der Waals surface area contributed by atoms with E-state index in [1.54, 1.807) is 7.05 Å². The summed E-state index contributed by atoms with van der Waals surface area (Å²) in [5.41, 5.74) is 6.55. The highest BCUT2D eigenvalue weighted by Crippen LogP contribution is 2.34. The molecule has 1 aromatic heterocycles. The van der Waals surface area contributed by atoms with Crippen LogP contribution in [0.25, 0.3) is 0 Å². The van der Waals surface area contributed by atoms with Gasteiger partial charge >= 0.3 is 42.6 Å². The van der Waals surface area contributed by atoms with Crippen molar-refractivity contribution in [2.24, 2.45) is 5.73 Å². The highest BCUT2D eigenvalue weighted by molar-refractivity contribution is 5.73. The molecule has 2 aliphatic heterocycles. The van der Waals surface area contributed by atoms with Crippen molar-refractivity contribution in [3.05, 3.63) is 47.0 Å². The topological polar surface area (TPSA) is 175 Å². The van der Waals surface area contributed by atoms with Gasteiger partial charge < -0.3 is 21.1 Å². The largest absolute Gasteiger partial charge is 0.490 e. The van der Waals surface area contributed by atoms with Crippen molar-refractivity contribution in [1.82, 2.24) is 24.6 Å². The maximum absolute atomic E-state index is 14.2. The predicted octanol–water partition coefficient (Wildman–Crippen LogP) is 4.06. The number of benzene rings is 1. The van der Waals surface area contributed by atoms with Crippen LogP contribution in [0.1, 0.15) is 29.7 Å². The number of hydrogen-bond acceptors (Lipinski definition) is 8. The van der Waals surface area contributed by atoms with E-state index >= 15 is 0 Å². The number of likely N-dealkylation sites (N-methyl/N-ethyl adjacent to an activating group) is 1. The maximum atomic E-state index is 14.2. The molecule has 0 spiro atoms. The Balaban J connectivity index is 0.000000486. The quantitative estimate of drug-likeness (QED) is 0.325. The Bertz CT molecular complexity index is 1410. The number of carbonyl (C=O) groups is 3. The molecule has 284 valence electrons. The maximum Gasteiger partial charge on any atom is 0.490 e. The molecule has 0 radical (unpaired) electrons. The molecule has 0 aliphatic carbocycles. The molecule has 4 rings (SSSR count). The van der Waals surface area contributed by atoms with E-state index in [-0.39, 0.29) is 24.0 Å². The standard InChI is InChI=1S/C18H21F5N6.3C2HF3O2/c1-27-8-11(7-14(24)16(27)12-6-10(19)2-3-13(12)20)28-4-5-29-15(9-28)25-17(26-29)18(21,22)23;3*3-2(4,5)1(6)7/h2-3,6,11,14,16H,4-5,7-9,24H2,1H3;3*(H,6,7)/t11-,14+,16-;;;/m1.../s1. The Labute approximate surface area is 269 Å². The first-order chi connectivity index (χ1) is 22.5. The number of aromatic nitrogens is 3. The molecular formula is C24H24F14N6O6. The van der Waals surface area contributed by atoms with Crippen molar-refractivity contribution < 1.29 is 91.2 Å². The minimum absolute atomic E-state index is 0.0392. The summed E-state index contributed by atoms with van der Waals surface area (Å²) >= 11 is 0. The van der Waals surface area contributed by atoms with Crippen molar-refractivity contribution in [3.63, 3.8) is 0 Å². The zero-order valence-corrected chi connectivity index (χ0v) is 24.7. The van der Waals surface area contributed by atoms with Gasteiger partial charge in [-0.3, -0.25) is 9.80 Å². The van der Waals surface area contributed by atoms with Crippen molar-refractivity contribution in [1.29, 1.82) is 0 Å². The van der Waals surface area contributed by atoms with Crippen molar-refractivity contribution in [3.8, 4) is 0 Å². The molecule has 3 atom stereocenters. The molecule has 0 amide bonds. The van der Waals surface area contributed by atoms with Crippen LogP contribution >= 0.6 is 0 Å². The van der Waals surface area contributed by atoms with Crippen molar-refractivity contribution in [2.45, 2.75) is 62.3 Å². The molecular weight excluding hydrogens is 734 g/mol. The first kappa shape index (κ1) is 43.7. The highest BCUT2D eigenvalue weighted by Gasteiger charge is 2.42. The third-order valence-electron chi connectivity index (χ3n) is 6.39. The number of fused-ring (bicyclic) bond motifs is 1. The van der Waals surface area contributed by atoms with Gasteiger partial charge in [0.1, 0.15) is 17.5 Å². The number of carboxylic acid groups (broad SMARTS) is 3. The van der Waals surface area contributed by atoms with Crippen LogP contribution in [0.3, 0.4) is 0 Å². The van der Waals surface area contributed by atoms with Crippen LogP contribution in [-0.2, 0) is 33.6 Å². The third kappa shape index (κ3) is 13.2. The molecule has 50 heavy (non-hydrogen) atoms. The zero-order chi connectivity index (χ0) is 39.2. The van der Waals surface area contributed by atoms with Crippen LogP contribution in [0.2, 0.25) is 0 Å². The van der Waals surface area contributed by atoms with Crippen molar-refractivity contribution in [2.75, 3.05) is 20.1 Å². The van der Waals surface area contributed by atoms with Crippen molar-refractivity contribution >= 4 is 17.9 Å². The molecule has 0 unspecified atom stereocenters. The SMILES string of the molecule is CN1C[C@H](N2CCn3nc(C(F)(F)F)nc3C2)C[C@H](N)[C@H]1c1cc(F)ccc1F.O=C(O)C(F)(F)F.O=C(O)C(F)(F)F.O=C(O)C(F)(F)F. The summed E-state index contributed by atoms with van der Waals surface area (Å²) in [5, 5.41) is 24.9. The molecule has 1 fully saturated rings. The fraction of sp³-hybridized carbons (Fsp3) is 0.542. The summed E-state index contributed by atoms with van der Waals surface area (Å²) in [7, 11) is 1.79. The van der Waals surface area contributed by atoms with E-state index in [2.05, 4.69) is 10.1 Å². The zero-order valence-electron chi connectivity index (χ0n) is 24.7. The molecule has 1 aromatic carbocycles. The summed E-state index contributed by atoms with van der Waals surface area (Å²) < 4.78 is 163. The summed E-state index contributed by atoms with van der Waals surface area (Å²) in [6.07, 6.45) is -19.3. The van der Waals surface area contributed by atoms with E-state index in [1.165, 1.54) is 10.7 Å². The summed E-state index contributed by atoms with van der Waals surface area (Å²) in [6, 6.07) is 2.34. The van der Waals surface area contributed by atoms with Gasteiger partial charge in [-0.25, -0.2) is 32.8 Å². The average Bonchev–Trinajstić information content (AvgIpc) is 3.38. The fourth-order valence-electron chi connectivity index (χ4n) is 4.35. The summed E-state index contributed by atoms with van der Waals surface area (Å²) in [4.78, 5) is 34.2. The molecule has 12 nitrogen and oxygen atoms in total. The van der Waals surface area contributed by atoms with Crippen LogP contribution in [0.15, 0.2) is 18.2 Å². The monoisotopic (exact) mass is 758 g/mol. The lowest BCUT2D eigenvalue weighted by Crippen LogP contribution is -2.56. The van der Waals surface area contributed by atoms with Gasteiger partial charge in [-0.1, -0.05) is 0 Å². The van der Waals surface area contributed by atoms with E-state index in [1.807, 2.05) is 9.80 Å². The lowest BCUT2D eigenvalue weighted by atomic mass is 9.88. The average molecular weight is 758 g/mol. The number of hydrogen-bond donors (Lipinski definition) is 4. The number of halogens is 14. The molecule has 2 aliphatic rings. The smallest absolute Gasteiger partial charge is 0.475 e. The predicted molar refractivity (Wildman–Crippen MR) is 135 cm³/mol. The first-order valence-electron chi connectivity index (χ1n) is 13.0. The van der Waals surface area contributed by atoms with Gasteiger partial charge in [-0.15, -0.1) is 5.10 Å². The third-order valence-corrected chi connectivity index (χ3v) is 6.39. The van der Waals surface area contributed by atoms with E-state index < -0.39 is 72.2 Å². The number of alkyl halides is 12. The molecule has 26 heteroatoms. The number of piperidine rings is 1. The first-order valence-corrected chi connectivity index (χ1v) is 13.0. The minimum atomic E-state index is -5.08. The minimum Gasteiger partial charge on any atom is -0.475 e. The Kier molecular flexibility index (Phi) is 14.5. The lowest BCUT2D eigenvalue weighted by molar-refractivity contribution is -0.193. The number of rotatable bonds is 2. The second-order valence-corrected chi connectivity index (χ2v) is 10.1. The van der Waals surface area contributed by atoms with Crippen LogP contribution in [-0.4, -0.2) is 109 Å². The van der Waals surface area contributed by atoms with E-state index in [0.717, 1.165) is 12.1 Å². The van der Waals surface area contributed by atoms with E-state index in [0.29, 0.717) is 26.1 Å². The molecule has 5 N–H and O–H groups in total. The van der Waals surface area contributed by atoms with E-state index in [4.69, 9.17) is 35.4 Å². The molecule has 0 saturated carbocycles. The number of nitrogens with two attached hydrogens (primary N) is 1. The van der Waals surface area contributed by atoms with Gasteiger partial charge in [0.2, 0.25) is 0 Å². The van der Waals surface area contributed by atoms with Crippen LogP contribution in [0, 0.1) is 11.6 Å². The molecule has 2 aromatic rings. The Hall–Kier alpha value is -4.33. The fourth-order valence-corrected chi connectivity index (χ4v) is 4.35. The van der Waals surface area contributed by atoms with Crippen LogP contribution in [0.4, 0.5) is 61.5 Å². The van der Waals surface area contributed by atoms with Gasteiger partial charge in [0, 0.05) is 30.7 Å². The van der Waals surface area contributed by atoms with Crippen LogP contribution in [0.5, 0.6) is 0 Å². The molecule has 0 bridgehead atoms. The Morgan fingerprint density at radius 2 is 1.28 bits per heavy atom. The number of aliphatic carboxylic acids is 3. The summed E-state index contributed by atoms with van der Waals surface area (Å²) in [5.74, 6) is -10.2. The summed E-state index contributed by atoms with van der Waals surface area (Å²) in [6.45, 7) is 1.57. The van der Waals surface area contributed by atoms with Crippen LogP contribution < -0.4 is 5.73 Å². The number of likely N-dealkylation sites (tertiary alicyclic amines) is 1. The normalized spacial score (nSPS) is 20.1.